The third-order valence-electron chi connectivity index (χ3n) is 5.12. The van der Waals surface area contributed by atoms with Crippen molar-refractivity contribution in [1.29, 1.82) is 0 Å². The summed E-state index contributed by atoms with van der Waals surface area (Å²) in [7, 11) is 1.78. The lowest BCUT2D eigenvalue weighted by molar-refractivity contribution is 0.400. The number of para-hydroxylation sites is 1. The molecule has 3 nitrogen and oxygen atoms in total. The van der Waals surface area contributed by atoms with Crippen LogP contribution in [0.1, 0.15) is 42.7 Å². The first-order valence-corrected chi connectivity index (χ1v) is 9.54. The number of ether oxygens (including phenoxy) is 1. The van der Waals surface area contributed by atoms with Crippen LogP contribution in [0.4, 0.5) is 5.69 Å². The molecule has 0 saturated carbocycles. The summed E-state index contributed by atoms with van der Waals surface area (Å²) >= 11 is 0. The molecule has 0 aromatic heterocycles. The average Bonchev–Trinajstić information content (AvgIpc) is 2.67. The molecular formula is C22H30N2O. The number of nitrogens with one attached hydrogen (secondary N) is 2. The minimum Gasteiger partial charge on any atom is -0.496 e. The van der Waals surface area contributed by atoms with Crippen molar-refractivity contribution in [3.8, 4) is 5.75 Å². The molecule has 1 atom stereocenters. The Morgan fingerprint density at radius 1 is 1.00 bits per heavy atom. The van der Waals surface area contributed by atoms with E-state index in [2.05, 4.69) is 53.1 Å². The van der Waals surface area contributed by atoms with Crippen molar-refractivity contribution >= 4 is 5.69 Å². The molecule has 3 heteroatoms. The second-order valence-electron chi connectivity index (χ2n) is 6.80. The van der Waals surface area contributed by atoms with Crippen LogP contribution in [0.5, 0.6) is 5.75 Å². The summed E-state index contributed by atoms with van der Waals surface area (Å²) in [4.78, 5) is 0. The molecule has 2 aromatic rings. The Balaban J connectivity index is 1.36. The highest BCUT2D eigenvalue weighted by molar-refractivity contribution is 5.44. The molecule has 0 radical (unpaired) electrons. The quantitative estimate of drug-likeness (QED) is 0.656. The van der Waals surface area contributed by atoms with Gasteiger partial charge in [0.15, 0.2) is 0 Å². The number of benzene rings is 2. The molecule has 0 aliphatic heterocycles. The Morgan fingerprint density at radius 2 is 1.88 bits per heavy atom. The Hall–Kier alpha value is -2.00. The second kappa shape index (κ2) is 9.47. The predicted molar refractivity (Wildman–Crippen MR) is 106 cm³/mol. The lowest BCUT2D eigenvalue weighted by atomic mass is 9.80. The van der Waals surface area contributed by atoms with Crippen LogP contribution in [0.2, 0.25) is 0 Å². The van der Waals surface area contributed by atoms with Crippen LogP contribution in [-0.2, 0) is 6.42 Å². The molecule has 0 heterocycles. The smallest absolute Gasteiger partial charge is 0.122 e. The number of rotatable bonds is 9. The van der Waals surface area contributed by atoms with Crippen LogP contribution in [0, 0.1) is 0 Å². The highest BCUT2D eigenvalue weighted by Crippen LogP contribution is 2.38. The normalized spacial score (nSPS) is 16.3. The van der Waals surface area contributed by atoms with Gasteiger partial charge in [-0.25, -0.2) is 0 Å². The number of hydrogen-bond donors (Lipinski definition) is 2. The first-order valence-electron chi connectivity index (χ1n) is 9.54. The molecule has 0 spiro atoms. The van der Waals surface area contributed by atoms with E-state index in [1.807, 2.05) is 6.07 Å². The van der Waals surface area contributed by atoms with Gasteiger partial charge in [-0.15, -0.1) is 0 Å². The fourth-order valence-corrected chi connectivity index (χ4v) is 3.85. The third kappa shape index (κ3) is 4.99. The molecule has 1 unspecified atom stereocenters. The van der Waals surface area contributed by atoms with Crippen LogP contribution >= 0.6 is 0 Å². The zero-order chi connectivity index (χ0) is 17.3. The van der Waals surface area contributed by atoms with Crippen molar-refractivity contribution in [3.63, 3.8) is 0 Å². The Morgan fingerprint density at radius 3 is 2.72 bits per heavy atom. The maximum Gasteiger partial charge on any atom is 0.122 e. The van der Waals surface area contributed by atoms with Gasteiger partial charge in [0.25, 0.3) is 0 Å². The Kier molecular flexibility index (Phi) is 6.75. The summed E-state index contributed by atoms with van der Waals surface area (Å²) in [6.07, 6.45) is 6.26. The molecule has 25 heavy (non-hydrogen) atoms. The van der Waals surface area contributed by atoms with Gasteiger partial charge in [-0.1, -0.05) is 30.3 Å². The van der Waals surface area contributed by atoms with Crippen molar-refractivity contribution in [1.82, 2.24) is 5.32 Å². The summed E-state index contributed by atoms with van der Waals surface area (Å²) in [5.74, 6) is 1.77. The fraction of sp³-hybridized carbons (Fsp3) is 0.455. The molecule has 0 amide bonds. The van der Waals surface area contributed by atoms with Crippen molar-refractivity contribution in [2.24, 2.45) is 0 Å². The van der Waals surface area contributed by atoms with Gasteiger partial charge in [-0.3, -0.25) is 0 Å². The van der Waals surface area contributed by atoms with E-state index >= 15 is 0 Å². The highest BCUT2D eigenvalue weighted by atomic mass is 16.5. The van der Waals surface area contributed by atoms with Crippen molar-refractivity contribution in [2.45, 2.75) is 38.0 Å². The van der Waals surface area contributed by atoms with E-state index in [0.717, 1.165) is 25.4 Å². The first kappa shape index (κ1) is 17.8. The van der Waals surface area contributed by atoms with Crippen molar-refractivity contribution in [2.75, 3.05) is 32.1 Å². The number of fused-ring (bicyclic) bond motifs is 1. The molecule has 2 aromatic carbocycles. The molecule has 1 aliphatic carbocycles. The summed E-state index contributed by atoms with van der Waals surface area (Å²) < 4.78 is 5.55. The summed E-state index contributed by atoms with van der Waals surface area (Å²) in [6.45, 7) is 3.06. The number of anilines is 1. The lowest BCUT2D eigenvalue weighted by Gasteiger charge is -2.27. The van der Waals surface area contributed by atoms with Crippen molar-refractivity contribution < 1.29 is 4.74 Å². The van der Waals surface area contributed by atoms with Crippen LogP contribution in [0.3, 0.4) is 0 Å². The minimum absolute atomic E-state index is 0.697. The first-order chi connectivity index (χ1) is 12.4. The van der Waals surface area contributed by atoms with Crippen LogP contribution in [0.25, 0.3) is 0 Å². The van der Waals surface area contributed by atoms with E-state index in [0.29, 0.717) is 5.92 Å². The maximum atomic E-state index is 5.55. The van der Waals surface area contributed by atoms with Crippen LogP contribution in [-0.4, -0.2) is 26.7 Å². The molecule has 3 rings (SSSR count). The van der Waals surface area contributed by atoms with E-state index < -0.39 is 0 Å². The predicted octanol–water partition coefficient (Wildman–Crippen LogP) is 4.60. The van der Waals surface area contributed by atoms with Gasteiger partial charge < -0.3 is 15.4 Å². The zero-order valence-corrected chi connectivity index (χ0v) is 15.3. The largest absolute Gasteiger partial charge is 0.496 e. The molecule has 1 aliphatic rings. The topological polar surface area (TPSA) is 33.3 Å². The number of methoxy groups -OCH3 is 1. The van der Waals surface area contributed by atoms with Crippen LogP contribution in [0.15, 0.2) is 48.5 Å². The maximum absolute atomic E-state index is 5.55. The standard InChI is InChI=1S/C22H30N2O/c1-25-22-14-6-12-20-18(8-5-13-21(20)22)9-7-15-23-16-17-24-19-10-3-2-4-11-19/h2-4,6,10-12,14,18,23-24H,5,7-9,13,15-17H2,1H3. The molecule has 134 valence electrons. The van der Waals surface area contributed by atoms with Crippen LogP contribution < -0.4 is 15.4 Å². The Bertz CT molecular complexity index is 642. The van der Waals surface area contributed by atoms with E-state index in [4.69, 9.17) is 4.74 Å². The monoisotopic (exact) mass is 338 g/mol. The zero-order valence-electron chi connectivity index (χ0n) is 15.3. The lowest BCUT2D eigenvalue weighted by Crippen LogP contribution is -2.23. The molecule has 2 N–H and O–H groups in total. The van der Waals surface area contributed by atoms with Gasteiger partial charge in [-0.05, 0) is 73.9 Å². The Labute approximate surface area is 151 Å². The van der Waals surface area contributed by atoms with Gasteiger partial charge in [0.2, 0.25) is 0 Å². The van der Waals surface area contributed by atoms with Gasteiger partial charge >= 0.3 is 0 Å². The summed E-state index contributed by atoms with van der Waals surface area (Å²) in [6, 6.07) is 16.9. The molecule has 0 saturated heterocycles. The van der Waals surface area contributed by atoms with Gasteiger partial charge in [0.05, 0.1) is 7.11 Å². The average molecular weight is 338 g/mol. The van der Waals surface area contributed by atoms with E-state index in [9.17, 15) is 0 Å². The number of hydrogen-bond acceptors (Lipinski definition) is 3. The second-order valence-corrected chi connectivity index (χ2v) is 6.80. The van der Waals surface area contributed by atoms with Gasteiger partial charge in [0.1, 0.15) is 5.75 Å². The fourth-order valence-electron chi connectivity index (χ4n) is 3.85. The highest BCUT2D eigenvalue weighted by Gasteiger charge is 2.22. The minimum atomic E-state index is 0.697. The summed E-state index contributed by atoms with van der Waals surface area (Å²) in [5, 5.41) is 6.99. The molecule has 0 bridgehead atoms. The van der Waals surface area contributed by atoms with Gasteiger partial charge in [0, 0.05) is 18.8 Å². The van der Waals surface area contributed by atoms with Crippen molar-refractivity contribution in [3.05, 3.63) is 59.7 Å². The molecular weight excluding hydrogens is 308 g/mol. The SMILES string of the molecule is COc1cccc2c1CCCC2CCCNCCNc1ccccc1. The van der Waals surface area contributed by atoms with E-state index in [1.165, 1.54) is 48.9 Å². The third-order valence-corrected chi connectivity index (χ3v) is 5.12. The van der Waals surface area contributed by atoms with E-state index in [-0.39, 0.29) is 0 Å². The summed E-state index contributed by atoms with van der Waals surface area (Å²) in [5.41, 5.74) is 4.16. The molecule has 0 fully saturated rings. The van der Waals surface area contributed by atoms with E-state index in [1.54, 1.807) is 7.11 Å². The van der Waals surface area contributed by atoms with Gasteiger partial charge in [-0.2, -0.15) is 0 Å².